The van der Waals surface area contributed by atoms with Gasteiger partial charge < -0.3 is 24.0 Å². The quantitative estimate of drug-likeness (QED) is 0.785. The summed E-state index contributed by atoms with van der Waals surface area (Å²) in [6.07, 6.45) is -1.22. The van der Waals surface area contributed by atoms with Gasteiger partial charge in [-0.1, -0.05) is 0 Å². The van der Waals surface area contributed by atoms with E-state index in [-0.39, 0.29) is 17.9 Å². The molecule has 158 valence electrons. The smallest absolute Gasteiger partial charge is 0.407 e. The first-order valence-corrected chi connectivity index (χ1v) is 9.65. The number of amides is 1. The SMILES string of the molecule is O=C(O)N1CCC(c2nc(CC(F)(F)F)cn2CCOC2CCCCO2)CC1. The van der Waals surface area contributed by atoms with Crippen LogP contribution < -0.4 is 0 Å². The van der Waals surface area contributed by atoms with E-state index in [9.17, 15) is 18.0 Å². The molecule has 2 aliphatic rings. The van der Waals surface area contributed by atoms with Crippen LogP contribution in [-0.4, -0.2) is 64.4 Å². The molecular formula is C18H26F3N3O4. The Kier molecular flexibility index (Phi) is 6.82. The maximum absolute atomic E-state index is 12.8. The Balaban J connectivity index is 1.65. The highest BCUT2D eigenvalue weighted by Crippen LogP contribution is 2.29. The molecule has 0 bridgehead atoms. The average Bonchev–Trinajstić information content (AvgIpc) is 3.03. The monoisotopic (exact) mass is 405 g/mol. The molecule has 2 aliphatic heterocycles. The number of aromatic nitrogens is 2. The predicted octanol–water partition coefficient (Wildman–Crippen LogP) is 3.39. The maximum Gasteiger partial charge on any atom is 0.407 e. The highest BCUT2D eigenvalue weighted by Gasteiger charge is 2.32. The molecule has 3 rings (SSSR count). The largest absolute Gasteiger partial charge is 0.465 e. The van der Waals surface area contributed by atoms with Crippen molar-refractivity contribution in [2.24, 2.45) is 0 Å². The molecule has 1 amide bonds. The Morgan fingerprint density at radius 3 is 2.64 bits per heavy atom. The van der Waals surface area contributed by atoms with Crippen LogP contribution in [0.15, 0.2) is 6.20 Å². The highest BCUT2D eigenvalue weighted by molar-refractivity contribution is 5.65. The van der Waals surface area contributed by atoms with E-state index in [1.807, 2.05) is 0 Å². The summed E-state index contributed by atoms with van der Waals surface area (Å²) in [4.78, 5) is 16.6. The van der Waals surface area contributed by atoms with E-state index in [0.717, 1.165) is 19.3 Å². The molecule has 7 nitrogen and oxygen atoms in total. The number of ether oxygens (including phenoxy) is 2. The zero-order valence-electron chi connectivity index (χ0n) is 15.7. The lowest BCUT2D eigenvalue weighted by Crippen LogP contribution is -2.37. The molecular weight excluding hydrogens is 379 g/mol. The molecule has 2 saturated heterocycles. The average molecular weight is 405 g/mol. The summed E-state index contributed by atoms with van der Waals surface area (Å²) in [6, 6.07) is 0. The van der Waals surface area contributed by atoms with Gasteiger partial charge in [0.15, 0.2) is 6.29 Å². The van der Waals surface area contributed by atoms with Crippen molar-refractivity contribution in [3.8, 4) is 0 Å². The van der Waals surface area contributed by atoms with Gasteiger partial charge in [0.2, 0.25) is 0 Å². The van der Waals surface area contributed by atoms with E-state index in [1.54, 1.807) is 4.57 Å². The number of imidazole rings is 1. The number of carboxylic acid groups (broad SMARTS) is 1. The van der Waals surface area contributed by atoms with Gasteiger partial charge in [0.05, 0.1) is 18.7 Å². The third kappa shape index (κ3) is 5.84. The van der Waals surface area contributed by atoms with Crippen LogP contribution in [0.3, 0.4) is 0 Å². The number of likely N-dealkylation sites (tertiary alicyclic amines) is 1. The van der Waals surface area contributed by atoms with Crippen molar-refractivity contribution in [2.75, 3.05) is 26.3 Å². The van der Waals surface area contributed by atoms with Gasteiger partial charge in [-0.05, 0) is 32.1 Å². The second-order valence-corrected chi connectivity index (χ2v) is 7.29. The predicted molar refractivity (Wildman–Crippen MR) is 93.1 cm³/mol. The van der Waals surface area contributed by atoms with Gasteiger partial charge >= 0.3 is 12.3 Å². The Morgan fingerprint density at radius 1 is 1.29 bits per heavy atom. The number of piperidine rings is 1. The summed E-state index contributed by atoms with van der Waals surface area (Å²) in [5, 5.41) is 9.07. The van der Waals surface area contributed by atoms with Gasteiger partial charge in [-0.15, -0.1) is 0 Å². The minimum Gasteiger partial charge on any atom is -0.465 e. The Hall–Kier alpha value is -1.81. The number of hydrogen-bond acceptors (Lipinski definition) is 4. The molecule has 2 fully saturated rings. The molecule has 1 atom stereocenters. The topological polar surface area (TPSA) is 76.8 Å². The van der Waals surface area contributed by atoms with Crippen LogP contribution in [0.2, 0.25) is 0 Å². The van der Waals surface area contributed by atoms with Crippen molar-refractivity contribution in [3.63, 3.8) is 0 Å². The van der Waals surface area contributed by atoms with Crippen molar-refractivity contribution >= 4 is 6.09 Å². The molecule has 0 aliphatic carbocycles. The lowest BCUT2D eigenvalue weighted by atomic mass is 9.96. The van der Waals surface area contributed by atoms with Gasteiger partial charge in [0.1, 0.15) is 5.82 Å². The first-order chi connectivity index (χ1) is 13.3. The first-order valence-electron chi connectivity index (χ1n) is 9.65. The Bertz CT molecular complexity index is 651. The summed E-state index contributed by atoms with van der Waals surface area (Å²) in [5.74, 6) is 0.515. The number of nitrogens with zero attached hydrogens (tertiary/aromatic N) is 3. The van der Waals surface area contributed by atoms with Crippen LogP contribution in [0.4, 0.5) is 18.0 Å². The van der Waals surface area contributed by atoms with E-state index >= 15 is 0 Å². The maximum atomic E-state index is 12.8. The van der Waals surface area contributed by atoms with Crippen molar-refractivity contribution in [1.82, 2.24) is 14.5 Å². The molecule has 0 spiro atoms. The summed E-state index contributed by atoms with van der Waals surface area (Å²) in [7, 11) is 0. The van der Waals surface area contributed by atoms with Crippen molar-refractivity contribution in [2.45, 2.75) is 63.5 Å². The van der Waals surface area contributed by atoms with E-state index in [0.29, 0.717) is 51.5 Å². The molecule has 0 radical (unpaired) electrons. The fraction of sp³-hybridized carbons (Fsp3) is 0.778. The minimum absolute atomic E-state index is 0.0166. The zero-order chi connectivity index (χ0) is 20.1. The third-order valence-electron chi connectivity index (χ3n) is 5.14. The molecule has 1 aromatic heterocycles. The number of carbonyl (C=O) groups is 1. The van der Waals surface area contributed by atoms with Gasteiger partial charge in [0, 0.05) is 38.4 Å². The normalized spacial score (nSPS) is 21.8. The second kappa shape index (κ2) is 9.13. The molecule has 0 saturated carbocycles. The number of alkyl halides is 3. The van der Waals surface area contributed by atoms with Crippen molar-refractivity contribution in [3.05, 3.63) is 17.7 Å². The summed E-state index contributed by atoms with van der Waals surface area (Å²) in [6.45, 7) is 2.09. The molecule has 1 unspecified atom stereocenters. The van der Waals surface area contributed by atoms with Crippen LogP contribution in [-0.2, 0) is 22.4 Å². The summed E-state index contributed by atoms with van der Waals surface area (Å²) >= 11 is 0. The van der Waals surface area contributed by atoms with Crippen LogP contribution in [0.25, 0.3) is 0 Å². The molecule has 1 aromatic rings. The highest BCUT2D eigenvalue weighted by atomic mass is 19.4. The van der Waals surface area contributed by atoms with Crippen LogP contribution in [0, 0.1) is 0 Å². The fourth-order valence-corrected chi connectivity index (χ4v) is 3.74. The van der Waals surface area contributed by atoms with Gasteiger partial charge in [-0.25, -0.2) is 9.78 Å². The molecule has 10 heteroatoms. The van der Waals surface area contributed by atoms with E-state index < -0.39 is 18.7 Å². The fourth-order valence-electron chi connectivity index (χ4n) is 3.74. The van der Waals surface area contributed by atoms with Crippen molar-refractivity contribution in [1.29, 1.82) is 0 Å². The third-order valence-corrected chi connectivity index (χ3v) is 5.14. The lowest BCUT2D eigenvalue weighted by molar-refractivity contribution is -0.163. The van der Waals surface area contributed by atoms with Gasteiger partial charge in [0.25, 0.3) is 0 Å². The number of halogens is 3. The summed E-state index contributed by atoms with van der Waals surface area (Å²) < 4.78 is 51.3. The lowest BCUT2D eigenvalue weighted by Gasteiger charge is -2.30. The minimum atomic E-state index is -4.32. The Morgan fingerprint density at radius 2 is 2.04 bits per heavy atom. The first kappa shape index (κ1) is 20.9. The van der Waals surface area contributed by atoms with Crippen LogP contribution >= 0.6 is 0 Å². The van der Waals surface area contributed by atoms with Crippen molar-refractivity contribution < 1.29 is 32.5 Å². The molecule has 1 N–H and O–H groups in total. The molecule has 0 aromatic carbocycles. The molecule has 28 heavy (non-hydrogen) atoms. The zero-order valence-corrected chi connectivity index (χ0v) is 15.7. The van der Waals surface area contributed by atoms with E-state index in [1.165, 1.54) is 11.1 Å². The second-order valence-electron chi connectivity index (χ2n) is 7.29. The van der Waals surface area contributed by atoms with E-state index in [2.05, 4.69) is 4.98 Å². The number of hydrogen-bond donors (Lipinski definition) is 1. The van der Waals surface area contributed by atoms with Crippen LogP contribution in [0.5, 0.6) is 0 Å². The summed E-state index contributed by atoms with van der Waals surface area (Å²) in [5.41, 5.74) is -0.0166. The van der Waals surface area contributed by atoms with Gasteiger partial charge in [-0.2, -0.15) is 13.2 Å². The van der Waals surface area contributed by atoms with Crippen LogP contribution in [0.1, 0.15) is 49.5 Å². The Labute approximate surface area is 161 Å². The standard InChI is InChI=1S/C18H26F3N3O4/c19-18(20,21)11-14-12-24(8-10-28-15-3-1-2-9-27-15)16(22-14)13-4-6-23(7-5-13)17(25)26/h12-13,15H,1-11H2,(H,25,26). The number of rotatable bonds is 6. The van der Waals surface area contributed by atoms with E-state index in [4.69, 9.17) is 14.6 Å². The molecule has 3 heterocycles. The van der Waals surface area contributed by atoms with Gasteiger partial charge in [-0.3, -0.25) is 0 Å².